The fourth-order valence-corrected chi connectivity index (χ4v) is 1.92. The van der Waals surface area contributed by atoms with Crippen LogP contribution in [0.4, 0.5) is 4.79 Å². The van der Waals surface area contributed by atoms with Crippen LogP contribution >= 0.6 is 0 Å². The zero-order valence-electron chi connectivity index (χ0n) is 16.6. The molecule has 0 bridgehead atoms. The first-order valence-corrected chi connectivity index (χ1v) is 8.60. The molecular formula is C17H36N4O3. The summed E-state index contributed by atoms with van der Waals surface area (Å²) in [4.78, 5) is 18.2. The van der Waals surface area contributed by atoms with E-state index >= 15 is 0 Å². The quantitative estimate of drug-likeness (QED) is 0.522. The predicted octanol–water partition coefficient (Wildman–Crippen LogP) is 2.22. The maximum atomic E-state index is 12.0. The lowest BCUT2D eigenvalue weighted by Crippen LogP contribution is -2.44. The third kappa shape index (κ3) is 10.3. The molecule has 7 nitrogen and oxygen atoms in total. The molecule has 2 N–H and O–H groups in total. The van der Waals surface area contributed by atoms with E-state index in [1.807, 2.05) is 41.5 Å². The minimum Gasteiger partial charge on any atom is -0.444 e. The normalized spacial score (nSPS) is 14.8. The van der Waals surface area contributed by atoms with Crippen molar-refractivity contribution < 1.29 is 14.3 Å². The number of aliphatic imine (C=N–C) groups is 1. The molecule has 0 aromatic carbocycles. The molecule has 0 fully saturated rings. The van der Waals surface area contributed by atoms with Gasteiger partial charge in [-0.3, -0.25) is 4.99 Å². The summed E-state index contributed by atoms with van der Waals surface area (Å²) >= 11 is 0. The summed E-state index contributed by atoms with van der Waals surface area (Å²) in [6.45, 7) is 13.7. The number of nitrogens with zero attached hydrogens (tertiary/aromatic N) is 2. The Bertz CT molecular complexity index is 394. The Balaban J connectivity index is 4.47. The molecule has 2 atom stereocenters. The highest BCUT2D eigenvalue weighted by molar-refractivity contribution is 5.80. The van der Waals surface area contributed by atoms with Gasteiger partial charge in [0.1, 0.15) is 5.60 Å². The van der Waals surface area contributed by atoms with E-state index in [2.05, 4.69) is 15.6 Å². The van der Waals surface area contributed by atoms with Gasteiger partial charge in [-0.1, -0.05) is 0 Å². The van der Waals surface area contributed by atoms with E-state index in [0.29, 0.717) is 13.2 Å². The first-order valence-electron chi connectivity index (χ1n) is 8.60. The van der Waals surface area contributed by atoms with Crippen molar-refractivity contribution in [2.24, 2.45) is 4.99 Å². The van der Waals surface area contributed by atoms with Crippen molar-refractivity contribution in [2.45, 2.75) is 65.6 Å². The standard InChI is InChI=1S/C17H36N4O3/c1-9-18-15(20-13(2)12-23-8)19-11-10-14(3)21(7)16(22)24-17(4,5)6/h13-14H,9-12H2,1-8H3,(H2,18,19,20). The van der Waals surface area contributed by atoms with Crippen LogP contribution in [0.5, 0.6) is 0 Å². The lowest BCUT2D eigenvalue weighted by molar-refractivity contribution is 0.0231. The molecule has 0 saturated heterocycles. The Morgan fingerprint density at radius 1 is 1.29 bits per heavy atom. The maximum absolute atomic E-state index is 12.0. The van der Waals surface area contributed by atoms with E-state index in [4.69, 9.17) is 9.47 Å². The average Bonchev–Trinajstić information content (AvgIpc) is 2.44. The van der Waals surface area contributed by atoms with Crippen LogP contribution in [0.25, 0.3) is 0 Å². The highest BCUT2D eigenvalue weighted by Gasteiger charge is 2.22. The van der Waals surface area contributed by atoms with E-state index in [1.165, 1.54) is 0 Å². The number of nitrogens with one attached hydrogen (secondary N) is 2. The largest absolute Gasteiger partial charge is 0.444 e. The monoisotopic (exact) mass is 344 g/mol. The number of guanidine groups is 1. The van der Waals surface area contributed by atoms with Gasteiger partial charge in [0, 0.05) is 39.3 Å². The van der Waals surface area contributed by atoms with Crippen LogP contribution < -0.4 is 10.6 Å². The number of rotatable bonds is 8. The van der Waals surface area contributed by atoms with Crippen LogP contribution in [0.1, 0.15) is 48.0 Å². The molecule has 0 heterocycles. The summed E-state index contributed by atoms with van der Waals surface area (Å²) < 4.78 is 10.5. The van der Waals surface area contributed by atoms with Crippen molar-refractivity contribution >= 4 is 12.1 Å². The second kappa shape index (κ2) is 11.1. The molecule has 142 valence electrons. The molecule has 2 unspecified atom stereocenters. The number of methoxy groups -OCH3 is 1. The van der Waals surface area contributed by atoms with Gasteiger partial charge in [0.2, 0.25) is 0 Å². The summed E-state index contributed by atoms with van der Waals surface area (Å²) in [5.74, 6) is 0.758. The summed E-state index contributed by atoms with van der Waals surface area (Å²) in [5.41, 5.74) is -0.483. The Kier molecular flexibility index (Phi) is 10.4. The minimum atomic E-state index is -0.483. The van der Waals surface area contributed by atoms with E-state index in [-0.39, 0.29) is 18.2 Å². The molecule has 7 heteroatoms. The molecular weight excluding hydrogens is 308 g/mol. The van der Waals surface area contributed by atoms with Crippen molar-refractivity contribution in [3.63, 3.8) is 0 Å². The first-order chi connectivity index (χ1) is 11.1. The summed E-state index contributed by atoms with van der Waals surface area (Å²) in [7, 11) is 3.43. The van der Waals surface area contributed by atoms with Gasteiger partial charge in [0.05, 0.1) is 6.61 Å². The molecule has 0 aliphatic carbocycles. The van der Waals surface area contributed by atoms with Gasteiger partial charge in [0.25, 0.3) is 0 Å². The molecule has 0 spiro atoms. The topological polar surface area (TPSA) is 75.2 Å². The molecule has 0 saturated carbocycles. The molecule has 0 aliphatic rings. The number of amides is 1. The zero-order chi connectivity index (χ0) is 18.8. The van der Waals surface area contributed by atoms with Gasteiger partial charge in [0.15, 0.2) is 5.96 Å². The van der Waals surface area contributed by atoms with Gasteiger partial charge in [-0.25, -0.2) is 4.79 Å². The Morgan fingerprint density at radius 3 is 2.42 bits per heavy atom. The van der Waals surface area contributed by atoms with Gasteiger partial charge >= 0.3 is 6.09 Å². The zero-order valence-corrected chi connectivity index (χ0v) is 16.6. The third-order valence-corrected chi connectivity index (χ3v) is 3.30. The Morgan fingerprint density at radius 2 is 1.92 bits per heavy atom. The van der Waals surface area contributed by atoms with E-state index in [1.54, 1.807) is 19.1 Å². The van der Waals surface area contributed by atoms with Crippen LogP contribution in [-0.2, 0) is 9.47 Å². The molecule has 0 aromatic heterocycles. The maximum Gasteiger partial charge on any atom is 0.410 e. The van der Waals surface area contributed by atoms with Crippen molar-refractivity contribution in [2.75, 3.05) is 33.9 Å². The van der Waals surface area contributed by atoms with Crippen molar-refractivity contribution in [3.05, 3.63) is 0 Å². The Hall–Kier alpha value is -1.50. The fourth-order valence-electron chi connectivity index (χ4n) is 1.92. The SMILES string of the molecule is CCNC(=NCCC(C)N(C)C(=O)OC(C)(C)C)NC(C)COC. The molecule has 0 radical (unpaired) electrons. The predicted molar refractivity (Wildman–Crippen MR) is 98.5 cm³/mol. The van der Waals surface area contributed by atoms with E-state index < -0.39 is 5.60 Å². The first kappa shape index (κ1) is 22.5. The highest BCUT2D eigenvalue weighted by atomic mass is 16.6. The second-order valence-corrected chi connectivity index (χ2v) is 6.99. The molecule has 0 aliphatic heterocycles. The number of hydrogen-bond acceptors (Lipinski definition) is 4. The molecule has 1 amide bonds. The van der Waals surface area contributed by atoms with Crippen molar-refractivity contribution in [1.29, 1.82) is 0 Å². The van der Waals surface area contributed by atoms with Gasteiger partial charge < -0.3 is 25.0 Å². The summed E-state index contributed by atoms with van der Waals surface area (Å²) in [6.07, 6.45) is 0.447. The molecule has 0 aromatic rings. The van der Waals surface area contributed by atoms with Crippen molar-refractivity contribution in [3.8, 4) is 0 Å². The van der Waals surface area contributed by atoms with Crippen LogP contribution in [0.2, 0.25) is 0 Å². The highest BCUT2D eigenvalue weighted by Crippen LogP contribution is 2.11. The lowest BCUT2D eigenvalue weighted by atomic mass is 10.2. The minimum absolute atomic E-state index is 0.0443. The van der Waals surface area contributed by atoms with Crippen LogP contribution in [0.15, 0.2) is 4.99 Å². The van der Waals surface area contributed by atoms with Gasteiger partial charge in [-0.15, -0.1) is 0 Å². The third-order valence-electron chi connectivity index (χ3n) is 3.30. The number of ether oxygens (including phenoxy) is 2. The van der Waals surface area contributed by atoms with Crippen molar-refractivity contribution in [1.82, 2.24) is 15.5 Å². The Labute approximate surface area is 147 Å². The summed E-state index contributed by atoms with van der Waals surface area (Å²) in [5, 5.41) is 6.49. The summed E-state index contributed by atoms with van der Waals surface area (Å²) in [6, 6.07) is 0.220. The van der Waals surface area contributed by atoms with Gasteiger partial charge in [-0.05, 0) is 48.0 Å². The van der Waals surface area contributed by atoms with E-state index in [0.717, 1.165) is 18.9 Å². The molecule has 24 heavy (non-hydrogen) atoms. The second-order valence-electron chi connectivity index (χ2n) is 6.99. The van der Waals surface area contributed by atoms with Crippen LogP contribution in [0, 0.1) is 0 Å². The smallest absolute Gasteiger partial charge is 0.410 e. The van der Waals surface area contributed by atoms with Gasteiger partial charge in [-0.2, -0.15) is 0 Å². The number of carbonyl (C=O) groups excluding carboxylic acids is 1. The number of hydrogen-bond donors (Lipinski definition) is 2. The van der Waals surface area contributed by atoms with E-state index in [9.17, 15) is 4.79 Å². The average molecular weight is 345 g/mol. The fraction of sp³-hybridized carbons (Fsp3) is 0.882. The molecule has 0 rings (SSSR count). The van der Waals surface area contributed by atoms with Crippen LogP contribution in [-0.4, -0.2) is 68.5 Å². The number of carbonyl (C=O) groups is 1. The lowest BCUT2D eigenvalue weighted by Gasteiger charge is -2.28. The van der Waals surface area contributed by atoms with Crippen LogP contribution in [0.3, 0.4) is 0 Å².